The van der Waals surface area contributed by atoms with Crippen LogP contribution in [0.1, 0.15) is 0 Å². The molecule has 1 aromatic rings. The first kappa shape index (κ1) is 5.31. The van der Waals surface area contributed by atoms with Crippen molar-refractivity contribution in [2.75, 3.05) is 6.61 Å². The zero-order valence-electron chi connectivity index (χ0n) is 4.45. The molecule has 0 saturated heterocycles. The van der Waals surface area contributed by atoms with E-state index in [-0.39, 0.29) is 6.61 Å². The molecule has 0 saturated carbocycles. The van der Waals surface area contributed by atoms with E-state index in [0.717, 1.165) is 0 Å². The van der Waals surface area contributed by atoms with E-state index in [1.165, 1.54) is 0 Å². The first-order valence-electron chi connectivity index (χ1n) is 2.49. The molecule has 0 aliphatic rings. The monoisotopic (exact) mass is 111 g/mol. The zero-order valence-corrected chi connectivity index (χ0v) is 4.45. The number of aromatic nitrogens is 2. The highest BCUT2D eigenvalue weighted by molar-refractivity contribution is 4.77. The van der Waals surface area contributed by atoms with Crippen molar-refractivity contribution in [2.24, 2.45) is 0 Å². The predicted octanol–water partition coefficient (Wildman–Crippen LogP) is 0.314. The van der Waals surface area contributed by atoms with E-state index in [1.54, 1.807) is 23.1 Å². The van der Waals surface area contributed by atoms with Crippen LogP contribution >= 0.6 is 0 Å². The summed E-state index contributed by atoms with van der Waals surface area (Å²) in [4.78, 5) is 0. The molecule has 3 nitrogen and oxygen atoms in total. The third kappa shape index (κ3) is 1.07. The molecule has 1 aromatic heterocycles. The van der Waals surface area contributed by atoms with E-state index in [9.17, 15) is 5.11 Å². The molecule has 0 bridgehead atoms. The first-order chi connectivity index (χ1) is 3.93. The largest absolute Gasteiger partial charge is 0.270 e. The van der Waals surface area contributed by atoms with Crippen LogP contribution in [-0.4, -0.2) is 16.4 Å². The Morgan fingerprint density at radius 2 is 2.50 bits per heavy atom. The highest BCUT2D eigenvalue weighted by atomic mass is 16.3. The van der Waals surface area contributed by atoms with Crippen LogP contribution in [0.15, 0.2) is 18.5 Å². The lowest BCUT2D eigenvalue weighted by molar-refractivity contribution is 0.177. The molecule has 8 heavy (non-hydrogen) atoms. The summed E-state index contributed by atoms with van der Waals surface area (Å²) in [6.45, 7) is 0.384. The van der Waals surface area contributed by atoms with Gasteiger partial charge in [-0.3, -0.25) is 4.68 Å². The Kier molecular flexibility index (Phi) is 1.64. The van der Waals surface area contributed by atoms with Gasteiger partial charge in [0.25, 0.3) is 0 Å². The Morgan fingerprint density at radius 3 is 3.00 bits per heavy atom. The molecule has 0 aliphatic heterocycles. The maximum Gasteiger partial charge on any atom is 0.102 e. The van der Waals surface area contributed by atoms with Crippen molar-refractivity contribution in [3.63, 3.8) is 0 Å². The SMILES string of the molecule is [O]CCn1cccn1. The van der Waals surface area contributed by atoms with E-state index >= 15 is 0 Å². The van der Waals surface area contributed by atoms with E-state index in [4.69, 9.17) is 0 Å². The average Bonchev–Trinajstić information content (AvgIpc) is 2.19. The molecular weight excluding hydrogens is 104 g/mol. The van der Waals surface area contributed by atoms with Crippen LogP contribution in [0, 0.1) is 0 Å². The van der Waals surface area contributed by atoms with Gasteiger partial charge < -0.3 is 0 Å². The number of nitrogens with zero attached hydrogens (tertiary/aromatic N) is 2. The fourth-order valence-electron chi connectivity index (χ4n) is 0.526. The molecule has 0 aromatic carbocycles. The van der Waals surface area contributed by atoms with Gasteiger partial charge in [-0.2, -0.15) is 5.10 Å². The lowest BCUT2D eigenvalue weighted by Crippen LogP contribution is -2.00. The van der Waals surface area contributed by atoms with Gasteiger partial charge in [-0.05, 0) is 6.07 Å². The molecule has 0 N–H and O–H groups in total. The zero-order chi connectivity index (χ0) is 5.82. The van der Waals surface area contributed by atoms with Gasteiger partial charge in [-0.1, -0.05) is 0 Å². The molecule has 0 amide bonds. The molecule has 3 heteroatoms. The summed E-state index contributed by atoms with van der Waals surface area (Å²) < 4.78 is 1.62. The molecule has 0 spiro atoms. The van der Waals surface area contributed by atoms with Crippen LogP contribution in [0.2, 0.25) is 0 Å². The summed E-state index contributed by atoms with van der Waals surface area (Å²) >= 11 is 0. The van der Waals surface area contributed by atoms with Gasteiger partial charge in [0.2, 0.25) is 0 Å². The molecule has 1 rings (SSSR count). The summed E-state index contributed by atoms with van der Waals surface area (Å²) in [7, 11) is 0. The molecule has 0 aliphatic carbocycles. The topological polar surface area (TPSA) is 37.7 Å². The molecule has 43 valence electrons. The van der Waals surface area contributed by atoms with Crippen molar-refractivity contribution >= 4 is 0 Å². The van der Waals surface area contributed by atoms with E-state index < -0.39 is 0 Å². The van der Waals surface area contributed by atoms with E-state index in [2.05, 4.69) is 5.10 Å². The van der Waals surface area contributed by atoms with Crippen LogP contribution < -0.4 is 0 Å². The van der Waals surface area contributed by atoms with Crippen molar-refractivity contribution in [3.05, 3.63) is 18.5 Å². The highest BCUT2D eigenvalue weighted by Crippen LogP contribution is 1.81. The fraction of sp³-hybridized carbons (Fsp3) is 0.400. The molecule has 0 atom stereocenters. The van der Waals surface area contributed by atoms with Gasteiger partial charge in [-0.25, -0.2) is 5.11 Å². The summed E-state index contributed by atoms with van der Waals surface area (Å²) in [5.74, 6) is 0. The standard InChI is InChI=1S/C5H7N2O/c8-5-4-7-3-1-2-6-7/h1-3H,4-5H2. The molecule has 0 unspecified atom stereocenters. The third-order valence-corrected chi connectivity index (χ3v) is 0.880. The molecule has 0 fully saturated rings. The van der Waals surface area contributed by atoms with Crippen LogP contribution in [-0.2, 0) is 11.7 Å². The van der Waals surface area contributed by atoms with Gasteiger partial charge in [-0.15, -0.1) is 0 Å². The molecule has 1 radical (unpaired) electrons. The second-order valence-electron chi connectivity index (χ2n) is 1.47. The summed E-state index contributed by atoms with van der Waals surface area (Å²) in [5, 5.41) is 13.8. The van der Waals surface area contributed by atoms with Crippen LogP contribution in [0.4, 0.5) is 0 Å². The Morgan fingerprint density at radius 1 is 1.62 bits per heavy atom. The minimum absolute atomic E-state index is 0.0956. The lowest BCUT2D eigenvalue weighted by Gasteiger charge is -1.91. The van der Waals surface area contributed by atoms with E-state index in [0.29, 0.717) is 6.54 Å². The predicted molar refractivity (Wildman–Crippen MR) is 27.8 cm³/mol. The van der Waals surface area contributed by atoms with Gasteiger partial charge in [0.05, 0.1) is 6.54 Å². The van der Waals surface area contributed by atoms with Crippen molar-refractivity contribution in [1.82, 2.24) is 9.78 Å². The minimum Gasteiger partial charge on any atom is -0.270 e. The first-order valence-corrected chi connectivity index (χ1v) is 2.49. The second-order valence-corrected chi connectivity index (χ2v) is 1.47. The van der Waals surface area contributed by atoms with Crippen LogP contribution in [0.5, 0.6) is 0 Å². The van der Waals surface area contributed by atoms with Gasteiger partial charge in [0, 0.05) is 12.4 Å². The lowest BCUT2D eigenvalue weighted by atomic mass is 10.7. The Hall–Kier alpha value is -0.830. The number of rotatable bonds is 2. The Bertz CT molecular complexity index is 136. The third-order valence-electron chi connectivity index (χ3n) is 0.880. The maximum atomic E-state index is 9.94. The Balaban J connectivity index is 2.50. The van der Waals surface area contributed by atoms with E-state index in [1.807, 2.05) is 0 Å². The molecule has 1 heterocycles. The van der Waals surface area contributed by atoms with Crippen molar-refractivity contribution in [1.29, 1.82) is 0 Å². The highest BCUT2D eigenvalue weighted by Gasteiger charge is 1.84. The quantitative estimate of drug-likeness (QED) is 0.541. The smallest absolute Gasteiger partial charge is 0.102 e. The van der Waals surface area contributed by atoms with Crippen molar-refractivity contribution < 1.29 is 5.11 Å². The fourth-order valence-corrected chi connectivity index (χ4v) is 0.526. The normalized spacial score (nSPS) is 9.62. The summed E-state index contributed by atoms with van der Waals surface area (Å²) in [6.07, 6.45) is 3.44. The average molecular weight is 111 g/mol. The maximum absolute atomic E-state index is 9.94. The van der Waals surface area contributed by atoms with Gasteiger partial charge >= 0.3 is 0 Å². The Labute approximate surface area is 47.6 Å². The number of hydrogen-bond donors (Lipinski definition) is 0. The van der Waals surface area contributed by atoms with Gasteiger partial charge in [0.15, 0.2) is 0 Å². The second kappa shape index (κ2) is 2.47. The summed E-state index contributed by atoms with van der Waals surface area (Å²) in [5.41, 5.74) is 0. The molecular formula is C5H7N2O. The summed E-state index contributed by atoms with van der Waals surface area (Å²) in [6, 6.07) is 1.80. The van der Waals surface area contributed by atoms with Crippen LogP contribution in [0.3, 0.4) is 0 Å². The van der Waals surface area contributed by atoms with Crippen LogP contribution in [0.25, 0.3) is 0 Å². The van der Waals surface area contributed by atoms with Gasteiger partial charge in [0.1, 0.15) is 6.61 Å². The van der Waals surface area contributed by atoms with Crippen molar-refractivity contribution in [3.8, 4) is 0 Å². The minimum atomic E-state index is -0.0956. The van der Waals surface area contributed by atoms with Crippen molar-refractivity contribution in [2.45, 2.75) is 6.54 Å². The number of hydrogen-bond acceptors (Lipinski definition) is 1.